The van der Waals surface area contributed by atoms with Gasteiger partial charge in [-0.3, -0.25) is 18.7 Å². The van der Waals surface area contributed by atoms with Crippen molar-refractivity contribution >= 4 is 11.7 Å². The minimum Gasteiger partial charge on any atom is -0.312 e. The van der Waals surface area contributed by atoms with Crippen molar-refractivity contribution in [1.29, 1.82) is 0 Å². The fraction of sp³-hybridized carbons (Fsp3) is 0.643. The number of hydrogen-bond acceptors (Lipinski definition) is 3. The molecule has 2 bridgehead atoms. The normalized spacial score (nSPS) is 27.8. The second-order valence-electron chi connectivity index (χ2n) is 6.04. The Labute approximate surface area is 116 Å². The van der Waals surface area contributed by atoms with Crippen molar-refractivity contribution < 1.29 is 4.79 Å². The Hall–Kier alpha value is -1.85. The number of amides is 1. The van der Waals surface area contributed by atoms with Gasteiger partial charge in [-0.15, -0.1) is 0 Å². The third kappa shape index (κ3) is 1.99. The topological polar surface area (TPSA) is 73.1 Å². The molecule has 3 rings (SSSR count). The first-order valence-corrected chi connectivity index (χ1v) is 7.05. The van der Waals surface area contributed by atoms with Crippen molar-refractivity contribution in [3.8, 4) is 0 Å². The second kappa shape index (κ2) is 4.61. The largest absolute Gasteiger partial charge is 0.332 e. The van der Waals surface area contributed by atoms with Gasteiger partial charge < -0.3 is 5.32 Å². The predicted molar refractivity (Wildman–Crippen MR) is 74.5 cm³/mol. The Kier molecular flexibility index (Phi) is 3.03. The summed E-state index contributed by atoms with van der Waals surface area (Å²) in [7, 11) is 2.98. The van der Waals surface area contributed by atoms with E-state index >= 15 is 0 Å². The Morgan fingerprint density at radius 1 is 1.20 bits per heavy atom. The van der Waals surface area contributed by atoms with E-state index in [9.17, 15) is 14.4 Å². The van der Waals surface area contributed by atoms with Gasteiger partial charge in [0.05, 0.1) is 0 Å². The molecule has 0 saturated heterocycles. The lowest BCUT2D eigenvalue weighted by atomic mass is 9.88. The molecule has 1 N–H and O–H groups in total. The van der Waals surface area contributed by atoms with Gasteiger partial charge in [-0.05, 0) is 31.1 Å². The van der Waals surface area contributed by atoms with Crippen LogP contribution in [0.15, 0.2) is 15.7 Å². The highest BCUT2D eigenvalue weighted by molar-refractivity contribution is 5.92. The lowest BCUT2D eigenvalue weighted by molar-refractivity contribution is -0.121. The van der Waals surface area contributed by atoms with Crippen LogP contribution in [0.4, 0.5) is 5.82 Å². The van der Waals surface area contributed by atoms with Gasteiger partial charge >= 0.3 is 5.69 Å². The van der Waals surface area contributed by atoms with Gasteiger partial charge in [-0.1, -0.05) is 6.42 Å². The van der Waals surface area contributed by atoms with Gasteiger partial charge in [-0.25, -0.2) is 4.79 Å². The van der Waals surface area contributed by atoms with E-state index in [1.165, 1.54) is 24.1 Å². The molecule has 0 radical (unpaired) electrons. The fourth-order valence-corrected chi connectivity index (χ4v) is 3.64. The molecule has 20 heavy (non-hydrogen) atoms. The Morgan fingerprint density at radius 3 is 2.55 bits per heavy atom. The number of aromatic nitrogens is 2. The standard InChI is InChI=1S/C14H19N3O3/c1-16-11(7-12(18)17(2)14(16)20)15-13(19)10-6-8-3-4-9(10)5-8/h7-10H,3-6H2,1-2H3,(H,15,19)/t8-,9-,10-/m0/s1. The van der Waals surface area contributed by atoms with Crippen LogP contribution in [0.25, 0.3) is 0 Å². The lowest BCUT2D eigenvalue weighted by Gasteiger charge is -2.21. The highest BCUT2D eigenvalue weighted by atomic mass is 16.2. The number of anilines is 1. The van der Waals surface area contributed by atoms with E-state index in [-0.39, 0.29) is 17.6 Å². The summed E-state index contributed by atoms with van der Waals surface area (Å²) in [5.41, 5.74) is -0.836. The molecule has 6 nitrogen and oxygen atoms in total. The molecule has 1 heterocycles. The van der Waals surface area contributed by atoms with Crippen molar-refractivity contribution in [3.05, 3.63) is 26.9 Å². The summed E-state index contributed by atoms with van der Waals surface area (Å²) < 4.78 is 2.32. The number of nitrogens with zero attached hydrogens (tertiary/aromatic N) is 2. The maximum atomic E-state index is 12.3. The maximum Gasteiger partial charge on any atom is 0.332 e. The molecule has 108 valence electrons. The summed E-state index contributed by atoms with van der Waals surface area (Å²) in [6, 6.07) is 1.30. The van der Waals surface area contributed by atoms with Crippen LogP contribution in [-0.2, 0) is 18.9 Å². The van der Waals surface area contributed by atoms with E-state index in [1.54, 1.807) is 7.05 Å². The number of fused-ring (bicyclic) bond motifs is 2. The van der Waals surface area contributed by atoms with Crippen LogP contribution in [0.2, 0.25) is 0 Å². The van der Waals surface area contributed by atoms with Gasteiger partial charge in [0, 0.05) is 26.1 Å². The number of hydrogen-bond donors (Lipinski definition) is 1. The predicted octanol–water partition coefficient (Wildman–Crippen LogP) is 0.459. The van der Waals surface area contributed by atoms with Crippen LogP contribution in [0.3, 0.4) is 0 Å². The zero-order valence-electron chi connectivity index (χ0n) is 11.8. The van der Waals surface area contributed by atoms with E-state index < -0.39 is 11.2 Å². The fourth-order valence-electron chi connectivity index (χ4n) is 3.64. The molecular weight excluding hydrogens is 258 g/mol. The minimum absolute atomic E-state index is 0.0351. The molecule has 2 aliphatic carbocycles. The van der Waals surface area contributed by atoms with Gasteiger partial charge in [0.1, 0.15) is 5.82 Å². The average Bonchev–Trinajstić information content (AvgIpc) is 3.05. The van der Waals surface area contributed by atoms with E-state index in [4.69, 9.17) is 0 Å². The third-order valence-electron chi connectivity index (χ3n) is 4.85. The van der Waals surface area contributed by atoms with Gasteiger partial charge in [0.2, 0.25) is 5.91 Å². The first-order valence-electron chi connectivity index (χ1n) is 7.05. The quantitative estimate of drug-likeness (QED) is 0.853. The summed E-state index contributed by atoms with van der Waals surface area (Å²) in [4.78, 5) is 35.8. The Bertz CT molecular complexity index is 673. The minimum atomic E-state index is -0.430. The molecule has 0 unspecified atom stereocenters. The Balaban J connectivity index is 1.83. The second-order valence-corrected chi connectivity index (χ2v) is 6.04. The summed E-state index contributed by atoms with van der Waals surface area (Å²) in [6.07, 6.45) is 4.44. The Morgan fingerprint density at radius 2 is 1.95 bits per heavy atom. The van der Waals surface area contributed by atoms with Crippen LogP contribution in [0.1, 0.15) is 25.7 Å². The van der Waals surface area contributed by atoms with Crippen LogP contribution < -0.4 is 16.6 Å². The van der Waals surface area contributed by atoms with E-state index in [1.807, 2.05) is 0 Å². The van der Waals surface area contributed by atoms with Crippen LogP contribution >= 0.6 is 0 Å². The van der Waals surface area contributed by atoms with Crippen LogP contribution in [0.5, 0.6) is 0 Å². The van der Waals surface area contributed by atoms with E-state index in [0.717, 1.165) is 23.8 Å². The van der Waals surface area contributed by atoms with Gasteiger partial charge in [-0.2, -0.15) is 0 Å². The molecule has 0 spiro atoms. The summed E-state index contributed by atoms with van der Waals surface area (Å²) in [6.45, 7) is 0. The summed E-state index contributed by atoms with van der Waals surface area (Å²) >= 11 is 0. The molecule has 1 aromatic rings. The average molecular weight is 277 g/mol. The van der Waals surface area contributed by atoms with Gasteiger partial charge in [0.15, 0.2) is 0 Å². The maximum absolute atomic E-state index is 12.3. The van der Waals surface area contributed by atoms with Crippen molar-refractivity contribution in [2.45, 2.75) is 25.7 Å². The van der Waals surface area contributed by atoms with Crippen LogP contribution in [-0.4, -0.2) is 15.0 Å². The molecule has 0 aromatic carbocycles. The molecule has 6 heteroatoms. The van der Waals surface area contributed by atoms with E-state index in [2.05, 4.69) is 5.32 Å². The lowest BCUT2D eigenvalue weighted by Crippen LogP contribution is -2.39. The first kappa shape index (κ1) is 13.1. The molecule has 0 aliphatic heterocycles. The van der Waals surface area contributed by atoms with E-state index in [0.29, 0.717) is 11.8 Å². The third-order valence-corrected chi connectivity index (χ3v) is 4.85. The first-order chi connectivity index (χ1) is 9.47. The monoisotopic (exact) mass is 277 g/mol. The number of carbonyl (C=O) groups is 1. The summed E-state index contributed by atoms with van der Waals surface area (Å²) in [5.74, 6) is 1.42. The SMILES string of the molecule is Cn1c(NC(=O)[C@H]2C[C@H]3CC[C@H]2C3)cc(=O)n(C)c1=O. The zero-order chi connectivity index (χ0) is 14.4. The van der Waals surface area contributed by atoms with Gasteiger partial charge in [0.25, 0.3) is 5.56 Å². The molecule has 3 atom stereocenters. The molecular formula is C14H19N3O3. The molecule has 2 saturated carbocycles. The molecule has 1 aromatic heterocycles. The van der Waals surface area contributed by atoms with Crippen molar-refractivity contribution in [2.24, 2.45) is 31.8 Å². The van der Waals surface area contributed by atoms with Crippen molar-refractivity contribution in [2.75, 3.05) is 5.32 Å². The highest BCUT2D eigenvalue weighted by Crippen LogP contribution is 2.48. The molecule has 2 fully saturated rings. The van der Waals surface area contributed by atoms with Crippen molar-refractivity contribution in [1.82, 2.24) is 9.13 Å². The summed E-state index contributed by atoms with van der Waals surface area (Å²) in [5, 5.41) is 2.76. The number of rotatable bonds is 2. The number of carbonyl (C=O) groups excluding carboxylic acids is 1. The molecule has 2 aliphatic rings. The van der Waals surface area contributed by atoms with Crippen LogP contribution in [0, 0.1) is 17.8 Å². The smallest absolute Gasteiger partial charge is 0.312 e. The number of nitrogens with one attached hydrogen (secondary N) is 1. The zero-order valence-corrected chi connectivity index (χ0v) is 11.8. The van der Waals surface area contributed by atoms with Crippen molar-refractivity contribution in [3.63, 3.8) is 0 Å². The molecule has 1 amide bonds. The highest BCUT2D eigenvalue weighted by Gasteiger charge is 2.43.